The van der Waals surface area contributed by atoms with Crippen LogP contribution in [0.15, 0.2) is 18.7 Å². The molecule has 0 amide bonds. The zero-order valence-corrected chi connectivity index (χ0v) is 13.2. The van der Waals surface area contributed by atoms with Crippen LogP contribution in [-0.2, 0) is 15.0 Å². The third kappa shape index (κ3) is 3.46. The first kappa shape index (κ1) is 16.9. The molecule has 22 heavy (non-hydrogen) atoms. The molecule has 10 heteroatoms. The van der Waals surface area contributed by atoms with Gasteiger partial charge in [-0.2, -0.15) is 17.4 Å². The third-order valence-corrected chi connectivity index (χ3v) is 5.63. The number of nitrogens with two attached hydrogens (primary N) is 1. The number of carbonyl (C=O) groups is 1. The lowest BCUT2D eigenvalue weighted by Gasteiger charge is -2.34. The number of aromatic nitrogens is 2. The summed E-state index contributed by atoms with van der Waals surface area (Å²) in [5.41, 5.74) is 3.62. The molecule has 0 radical (unpaired) electrons. The molecule has 4 N–H and O–H groups in total. The van der Waals surface area contributed by atoms with E-state index in [1.807, 2.05) is 10.8 Å². The van der Waals surface area contributed by atoms with Gasteiger partial charge in [-0.25, -0.2) is 9.78 Å². The highest BCUT2D eigenvalue weighted by Gasteiger charge is 2.39. The first-order valence-corrected chi connectivity index (χ1v) is 8.51. The predicted octanol–water partition coefficient (Wildman–Crippen LogP) is -0.496. The van der Waals surface area contributed by atoms with Crippen molar-refractivity contribution in [3.63, 3.8) is 0 Å². The van der Waals surface area contributed by atoms with Crippen LogP contribution in [0.2, 0.25) is 0 Å². The van der Waals surface area contributed by atoms with Crippen molar-refractivity contribution in [1.82, 2.24) is 18.6 Å². The molecule has 0 aliphatic carbocycles. The highest BCUT2D eigenvalue weighted by Crippen LogP contribution is 2.23. The van der Waals surface area contributed by atoms with Crippen LogP contribution in [0.3, 0.4) is 0 Å². The Morgan fingerprint density at radius 2 is 2.14 bits per heavy atom. The zero-order chi connectivity index (χ0) is 16.4. The number of carboxylic acid groups (broad SMARTS) is 1. The van der Waals surface area contributed by atoms with Crippen molar-refractivity contribution in [2.45, 2.75) is 37.9 Å². The van der Waals surface area contributed by atoms with Gasteiger partial charge in [0.15, 0.2) is 5.66 Å². The van der Waals surface area contributed by atoms with Crippen molar-refractivity contribution < 1.29 is 18.3 Å². The van der Waals surface area contributed by atoms with E-state index in [1.165, 1.54) is 11.2 Å². The van der Waals surface area contributed by atoms with Crippen LogP contribution < -0.4 is 10.5 Å². The second kappa shape index (κ2) is 6.32. The van der Waals surface area contributed by atoms with Crippen LogP contribution in [0.4, 0.5) is 0 Å². The summed E-state index contributed by atoms with van der Waals surface area (Å²) in [7, 11) is -3.94. The van der Waals surface area contributed by atoms with E-state index in [-0.39, 0.29) is 12.5 Å². The largest absolute Gasteiger partial charge is 0.479 e. The summed E-state index contributed by atoms with van der Waals surface area (Å²) < 4.78 is 29.9. The number of nitrogens with zero attached hydrogens (tertiary/aromatic N) is 3. The van der Waals surface area contributed by atoms with E-state index in [9.17, 15) is 13.2 Å². The molecular formula is C12H21N5O4S. The second-order valence-corrected chi connectivity index (χ2v) is 7.05. The Balaban J connectivity index is 2.02. The first-order chi connectivity index (χ1) is 10.3. The minimum Gasteiger partial charge on any atom is -0.479 e. The minimum absolute atomic E-state index is 0.0485. The molecule has 0 spiro atoms. The maximum atomic E-state index is 12.3. The van der Waals surface area contributed by atoms with E-state index in [4.69, 9.17) is 10.8 Å². The summed E-state index contributed by atoms with van der Waals surface area (Å²) in [6, 6.07) is 0.197. The van der Waals surface area contributed by atoms with E-state index in [0.717, 1.165) is 0 Å². The van der Waals surface area contributed by atoms with Crippen LogP contribution in [0.1, 0.15) is 32.2 Å². The molecule has 1 saturated heterocycles. The lowest BCUT2D eigenvalue weighted by Crippen LogP contribution is -2.63. The Kier molecular flexibility index (Phi) is 4.85. The zero-order valence-electron chi connectivity index (χ0n) is 12.3. The molecule has 1 atom stereocenters. The molecule has 2 heterocycles. The van der Waals surface area contributed by atoms with E-state index >= 15 is 0 Å². The molecule has 1 aromatic heterocycles. The lowest BCUT2D eigenvalue weighted by atomic mass is 10.1. The van der Waals surface area contributed by atoms with Crippen molar-refractivity contribution in [3.05, 3.63) is 18.7 Å². The van der Waals surface area contributed by atoms with Crippen molar-refractivity contribution in [2.75, 3.05) is 13.1 Å². The molecule has 0 aromatic carbocycles. The van der Waals surface area contributed by atoms with Crippen LogP contribution in [0, 0.1) is 0 Å². The first-order valence-electron chi connectivity index (χ1n) is 7.07. The van der Waals surface area contributed by atoms with Crippen molar-refractivity contribution in [2.24, 2.45) is 5.73 Å². The Hall–Kier alpha value is -1.49. The molecule has 0 saturated carbocycles. The van der Waals surface area contributed by atoms with Gasteiger partial charge in [-0.1, -0.05) is 6.92 Å². The number of aliphatic carboxylic acids is 1. The SMILES string of the molecule is CCC(N)(NS(=O)(=O)N1CCC(n2ccnc2)CC1)C(=O)O. The number of rotatable bonds is 6. The van der Waals surface area contributed by atoms with Crippen LogP contribution in [0.5, 0.6) is 0 Å². The smallest absolute Gasteiger partial charge is 0.339 e. The summed E-state index contributed by atoms with van der Waals surface area (Å²) in [6.07, 6.45) is 6.45. The summed E-state index contributed by atoms with van der Waals surface area (Å²) in [6.45, 7) is 2.12. The molecule has 1 fully saturated rings. The highest BCUT2D eigenvalue weighted by molar-refractivity contribution is 7.87. The molecule has 9 nitrogen and oxygen atoms in total. The van der Waals surface area contributed by atoms with Crippen molar-refractivity contribution in [3.8, 4) is 0 Å². The molecule has 1 aromatic rings. The fraction of sp³-hybridized carbons (Fsp3) is 0.667. The highest BCUT2D eigenvalue weighted by atomic mass is 32.2. The number of imidazole rings is 1. The number of hydrogen-bond donors (Lipinski definition) is 3. The number of piperidine rings is 1. The van der Waals surface area contributed by atoms with Crippen molar-refractivity contribution in [1.29, 1.82) is 0 Å². The standard InChI is InChI=1S/C12H21N5O4S/c1-2-12(13,11(18)19)15-22(20,21)17-6-3-10(4-7-17)16-8-5-14-9-16/h5,8-10,15H,2-4,6-7,13H2,1H3,(H,18,19). The summed E-state index contributed by atoms with van der Waals surface area (Å²) in [5.74, 6) is -1.40. The Labute approximate surface area is 129 Å². The molecule has 0 bridgehead atoms. The molecular weight excluding hydrogens is 310 g/mol. The number of nitrogens with one attached hydrogen (secondary N) is 1. The maximum Gasteiger partial charge on any atom is 0.339 e. The van der Waals surface area contributed by atoms with Crippen LogP contribution >= 0.6 is 0 Å². The molecule has 1 aliphatic heterocycles. The van der Waals surface area contributed by atoms with Gasteiger partial charge in [-0.05, 0) is 19.3 Å². The van der Waals surface area contributed by atoms with Gasteiger partial charge < -0.3 is 15.4 Å². The minimum atomic E-state index is -3.94. The second-order valence-electron chi connectivity index (χ2n) is 5.38. The number of hydrogen-bond acceptors (Lipinski definition) is 5. The van der Waals surface area contributed by atoms with Crippen molar-refractivity contribution >= 4 is 16.2 Å². The van der Waals surface area contributed by atoms with Gasteiger partial charge in [0.2, 0.25) is 0 Å². The molecule has 1 unspecified atom stereocenters. The van der Waals surface area contributed by atoms with E-state index < -0.39 is 21.8 Å². The monoisotopic (exact) mass is 331 g/mol. The predicted molar refractivity (Wildman–Crippen MR) is 79.0 cm³/mol. The van der Waals surface area contributed by atoms with Gasteiger partial charge in [-0.3, -0.25) is 0 Å². The van der Waals surface area contributed by atoms with Gasteiger partial charge in [0.05, 0.1) is 6.33 Å². The van der Waals surface area contributed by atoms with Gasteiger partial charge in [0, 0.05) is 31.5 Å². The Bertz CT molecular complexity index is 609. The fourth-order valence-corrected chi connectivity index (χ4v) is 3.94. The Morgan fingerprint density at radius 3 is 2.59 bits per heavy atom. The van der Waals surface area contributed by atoms with Crippen LogP contribution in [0.25, 0.3) is 0 Å². The van der Waals surface area contributed by atoms with E-state index in [1.54, 1.807) is 12.5 Å². The van der Waals surface area contributed by atoms with Gasteiger partial charge in [0.1, 0.15) is 0 Å². The van der Waals surface area contributed by atoms with E-state index in [0.29, 0.717) is 25.9 Å². The lowest BCUT2D eigenvalue weighted by molar-refractivity contribution is -0.144. The number of carboxylic acids is 1. The van der Waals surface area contributed by atoms with Gasteiger partial charge >= 0.3 is 5.97 Å². The van der Waals surface area contributed by atoms with Gasteiger partial charge in [-0.15, -0.1) is 0 Å². The average molecular weight is 331 g/mol. The topological polar surface area (TPSA) is 131 Å². The summed E-state index contributed by atoms with van der Waals surface area (Å²) in [5, 5.41) is 9.08. The third-order valence-electron chi connectivity index (χ3n) is 3.96. The molecule has 124 valence electrons. The maximum absolute atomic E-state index is 12.3. The van der Waals surface area contributed by atoms with Gasteiger partial charge in [0.25, 0.3) is 10.2 Å². The normalized spacial score (nSPS) is 20.6. The molecule has 1 aliphatic rings. The molecule has 2 rings (SSSR count). The Morgan fingerprint density at radius 1 is 1.50 bits per heavy atom. The average Bonchev–Trinajstić information content (AvgIpc) is 3.01. The summed E-state index contributed by atoms with van der Waals surface area (Å²) >= 11 is 0. The summed E-state index contributed by atoms with van der Waals surface area (Å²) in [4.78, 5) is 15.1. The fourth-order valence-electron chi connectivity index (χ4n) is 2.43. The van der Waals surface area contributed by atoms with E-state index in [2.05, 4.69) is 9.71 Å². The van der Waals surface area contributed by atoms with Crippen LogP contribution in [-0.4, -0.2) is 52.1 Å². The quantitative estimate of drug-likeness (QED) is 0.603.